The lowest BCUT2D eigenvalue weighted by atomic mass is 9.92. The van der Waals surface area contributed by atoms with Crippen LogP contribution in [0.1, 0.15) is 47.2 Å². The second-order valence-corrected chi connectivity index (χ2v) is 9.98. The summed E-state index contributed by atoms with van der Waals surface area (Å²) in [6.45, 7) is 7.96. The molecule has 1 saturated heterocycles. The van der Waals surface area contributed by atoms with Crippen molar-refractivity contribution >= 4 is 45.8 Å². The first-order valence-electron chi connectivity index (χ1n) is 11.7. The summed E-state index contributed by atoms with van der Waals surface area (Å²) in [5.74, 6) is 0.180. The molecule has 182 valence electrons. The van der Waals surface area contributed by atoms with Gasteiger partial charge in [0.2, 0.25) is 0 Å². The van der Waals surface area contributed by atoms with Crippen molar-refractivity contribution in [2.75, 3.05) is 20.2 Å². The van der Waals surface area contributed by atoms with Gasteiger partial charge in [-0.05, 0) is 67.1 Å². The van der Waals surface area contributed by atoms with Gasteiger partial charge in [-0.1, -0.05) is 29.8 Å². The van der Waals surface area contributed by atoms with Crippen molar-refractivity contribution in [2.45, 2.75) is 32.6 Å². The minimum absolute atomic E-state index is 0.153. The van der Waals surface area contributed by atoms with E-state index in [2.05, 4.69) is 28.2 Å². The first-order chi connectivity index (χ1) is 16.7. The number of hydrogen-bond acceptors (Lipinski definition) is 4. The molecule has 35 heavy (non-hydrogen) atoms. The number of piperidine rings is 1. The number of nitriles is 1. The lowest BCUT2D eigenvalue weighted by Crippen LogP contribution is -2.33. The summed E-state index contributed by atoms with van der Waals surface area (Å²) in [5, 5.41) is 11.7. The van der Waals surface area contributed by atoms with E-state index >= 15 is 0 Å². The second kappa shape index (κ2) is 10.4. The summed E-state index contributed by atoms with van der Waals surface area (Å²) in [6.07, 6.45) is 2.84. The number of hydrogen-bond donors (Lipinski definition) is 0. The molecular formula is C28H29Cl2N3O2. The maximum Gasteiger partial charge on any atom is 0.305 e. The molecule has 3 aromatic rings. The summed E-state index contributed by atoms with van der Waals surface area (Å²) in [7, 11) is 3.45. The van der Waals surface area contributed by atoms with Gasteiger partial charge in [0.15, 0.2) is 0 Å². The van der Waals surface area contributed by atoms with Crippen LogP contribution in [-0.4, -0.2) is 35.6 Å². The summed E-state index contributed by atoms with van der Waals surface area (Å²) >= 11 is 13.6. The fraction of sp³-hybridized carbons (Fsp3) is 0.357. The number of methoxy groups -OCH3 is 1. The lowest BCUT2D eigenvalue weighted by Gasteiger charge is -2.35. The van der Waals surface area contributed by atoms with E-state index in [-0.39, 0.29) is 5.97 Å². The van der Waals surface area contributed by atoms with Gasteiger partial charge in [-0.25, -0.2) is 0 Å². The molecule has 1 aliphatic heterocycles. The molecule has 2 aromatic carbocycles. The average molecular weight is 510 g/mol. The number of nitrogens with zero attached hydrogens (tertiary/aromatic N) is 3. The Labute approximate surface area is 216 Å². The monoisotopic (exact) mass is 509 g/mol. The number of carbonyl (C=O) groups excluding carboxylic acids is 1. The standard InChI is InChI=1S/C28H29Cl2N3O2/c1-17-20(16-31)5-8-26-23(17)14-21(32(26)3)15-24-25(29)7-6-22(28(24)30)18(2)33-11-9-19(10-12-33)13-27(34)35-4/h5-8,14,19H,2,9-13,15H2,1,3-4H3. The van der Waals surface area contributed by atoms with E-state index in [1.807, 2.05) is 38.2 Å². The fourth-order valence-corrected chi connectivity index (χ4v) is 5.57. The molecule has 0 radical (unpaired) electrons. The number of aromatic nitrogens is 1. The van der Waals surface area contributed by atoms with Crippen LogP contribution in [0.25, 0.3) is 16.6 Å². The Kier molecular flexibility index (Phi) is 7.44. The third kappa shape index (κ3) is 4.91. The van der Waals surface area contributed by atoms with E-state index in [9.17, 15) is 10.1 Å². The molecule has 0 spiro atoms. The predicted molar refractivity (Wildman–Crippen MR) is 142 cm³/mol. The number of rotatable bonds is 6. The molecule has 2 heterocycles. The molecule has 0 atom stereocenters. The number of fused-ring (bicyclic) bond motifs is 1. The van der Waals surface area contributed by atoms with E-state index in [1.54, 1.807) is 0 Å². The predicted octanol–water partition coefficient (Wildman–Crippen LogP) is 6.50. The van der Waals surface area contributed by atoms with Crippen LogP contribution in [0.4, 0.5) is 0 Å². The molecule has 7 heteroatoms. The van der Waals surface area contributed by atoms with Crippen molar-refractivity contribution in [3.8, 4) is 6.07 Å². The third-order valence-corrected chi connectivity index (χ3v) is 8.04. The fourth-order valence-electron chi connectivity index (χ4n) is 4.96. The highest BCUT2D eigenvalue weighted by Crippen LogP contribution is 2.37. The van der Waals surface area contributed by atoms with Crippen molar-refractivity contribution in [1.29, 1.82) is 5.26 Å². The van der Waals surface area contributed by atoms with Gasteiger partial charge < -0.3 is 14.2 Å². The van der Waals surface area contributed by atoms with Crippen LogP contribution in [0, 0.1) is 24.2 Å². The van der Waals surface area contributed by atoms with Crippen molar-refractivity contribution in [2.24, 2.45) is 13.0 Å². The number of likely N-dealkylation sites (tertiary alicyclic amines) is 1. The zero-order valence-electron chi connectivity index (χ0n) is 20.3. The summed E-state index contributed by atoms with van der Waals surface area (Å²) in [4.78, 5) is 13.8. The summed E-state index contributed by atoms with van der Waals surface area (Å²) in [6, 6.07) is 12.0. The topological polar surface area (TPSA) is 58.3 Å². The minimum atomic E-state index is -0.153. The maximum absolute atomic E-state index is 11.6. The van der Waals surface area contributed by atoms with Gasteiger partial charge in [-0.3, -0.25) is 4.79 Å². The van der Waals surface area contributed by atoms with E-state index in [0.29, 0.717) is 34.4 Å². The third-order valence-electron chi connectivity index (χ3n) is 7.25. The first-order valence-corrected chi connectivity index (χ1v) is 12.5. The molecule has 1 aromatic heterocycles. The summed E-state index contributed by atoms with van der Waals surface area (Å²) in [5.41, 5.74) is 6.39. The molecule has 0 amide bonds. The van der Waals surface area contributed by atoms with Crippen molar-refractivity contribution in [1.82, 2.24) is 9.47 Å². The number of ether oxygens (including phenoxy) is 1. The van der Waals surface area contributed by atoms with E-state index in [4.69, 9.17) is 27.9 Å². The Morgan fingerprint density at radius 3 is 2.60 bits per heavy atom. The van der Waals surface area contributed by atoms with Gasteiger partial charge in [0.25, 0.3) is 0 Å². The molecule has 0 saturated carbocycles. The second-order valence-electron chi connectivity index (χ2n) is 9.20. The van der Waals surface area contributed by atoms with Crippen molar-refractivity contribution in [3.05, 3.63) is 74.9 Å². The highest BCUT2D eigenvalue weighted by Gasteiger charge is 2.25. The number of benzene rings is 2. The molecule has 5 nitrogen and oxygen atoms in total. The number of aryl methyl sites for hydroxylation is 2. The number of esters is 1. The summed E-state index contributed by atoms with van der Waals surface area (Å²) < 4.78 is 6.94. The van der Waals surface area contributed by atoms with Crippen LogP contribution in [0.3, 0.4) is 0 Å². The number of carbonyl (C=O) groups is 1. The van der Waals surface area contributed by atoms with Crippen LogP contribution in [-0.2, 0) is 23.0 Å². The van der Waals surface area contributed by atoms with Gasteiger partial charge in [0.05, 0.1) is 23.8 Å². The molecule has 1 aliphatic rings. The van der Waals surface area contributed by atoms with E-state index in [1.165, 1.54) is 7.11 Å². The van der Waals surface area contributed by atoms with Crippen LogP contribution in [0.5, 0.6) is 0 Å². The Bertz CT molecular complexity index is 1340. The molecular weight excluding hydrogens is 481 g/mol. The Hall–Kier alpha value is -2.94. The molecule has 0 unspecified atom stereocenters. The van der Waals surface area contributed by atoms with Gasteiger partial charge in [0, 0.05) is 65.9 Å². The smallest absolute Gasteiger partial charge is 0.305 e. The van der Waals surface area contributed by atoms with Crippen molar-refractivity contribution in [3.63, 3.8) is 0 Å². The van der Waals surface area contributed by atoms with E-state index < -0.39 is 0 Å². The molecule has 0 bridgehead atoms. The Morgan fingerprint density at radius 2 is 1.94 bits per heavy atom. The van der Waals surface area contributed by atoms with Gasteiger partial charge in [0.1, 0.15) is 0 Å². The lowest BCUT2D eigenvalue weighted by molar-refractivity contribution is -0.142. The van der Waals surface area contributed by atoms with Crippen LogP contribution >= 0.6 is 23.2 Å². The SMILES string of the molecule is C=C(c1ccc(Cl)c(Cc2cc3c(C)c(C#N)ccc3n2C)c1Cl)N1CCC(CC(=O)OC)CC1. The normalized spacial score (nSPS) is 14.2. The zero-order valence-corrected chi connectivity index (χ0v) is 21.8. The Balaban J connectivity index is 1.58. The number of halogens is 2. The Morgan fingerprint density at radius 1 is 1.23 bits per heavy atom. The van der Waals surface area contributed by atoms with Crippen LogP contribution in [0.2, 0.25) is 10.0 Å². The molecule has 4 rings (SSSR count). The first kappa shape index (κ1) is 25.2. The highest BCUT2D eigenvalue weighted by atomic mass is 35.5. The van der Waals surface area contributed by atoms with Crippen molar-refractivity contribution < 1.29 is 9.53 Å². The quantitative estimate of drug-likeness (QED) is 0.355. The highest BCUT2D eigenvalue weighted by molar-refractivity contribution is 6.37. The van der Waals surface area contributed by atoms with Gasteiger partial charge in [-0.2, -0.15) is 5.26 Å². The van der Waals surface area contributed by atoms with Crippen LogP contribution in [0.15, 0.2) is 36.9 Å². The largest absolute Gasteiger partial charge is 0.469 e. The molecule has 0 aliphatic carbocycles. The average Bonchev–Trinajstić information content (AvgIpc) is 3.18. The van der Waals surface area contributed by atoms with E-state index in [0.717, 1.165) is 64.9 Å². The zero-order chi connectivity index (χ0) is 25.3. The maximum atomic E-state index is 11.6. The van der Waals surface area contributed by atoms with Gasteiger partial charge >= 0.3 is 5.97 Å². The van der Waals surface area contributed by atoms with Gasteiger partial charge in [-0.15, -0.1) is 0 Å². The van der Waals surface area contributed by atoms with Crippen LogP contribution < -0.4 is 0 Å². The minimum Gasteiger partial charge on any atom is -0.469 e. The molecule has 1 fully saturated rings. The molecule has 0 N–H and O–H groups in total.